The summed E-state index contributed by atoms with van der Waals surface area (Å²) in [6, 6.07) is 19.3. The molecule has 0 fully saturated rings. The van der Waals surface area contributed by atoms with E-state index in [9.17, 15) is 19.7 Å². The van der Waals surface area contributed by atoms with Crippen LogP contribution in [0.1, 0.15) is 26.3 Å². The quantitative estimate of drug-likeness (QED) is 0.336. The average Bonchev–Trinajstić information content (AvgIpc) is 2.80. The Morgan fingerprint density at radius 3 is 2.25 bits per heavy atom. The minimum Gasteiger partial charge on any atom is -0.378 e. The summed E-state index contributed by atoms with van der Waals surface area (Å²) in [5.74, 6) is -0.890. The molecule has 0 heterocycles. The van der Waals surface area contributed by atoms with Gasteiger partial charge in [-0.25, -0.2) is 5.43 Å². The molecule has 0 saturated heterocycles. The zero-order chi connectivity index (χ0) is 23.1. The fourth-order valence-electron chi connectivity index (χ4n) is 2.76. The van der Waals surface area contributed by atoms with Crippen molar-refractivity contribution in [3.8, 4) is 0 Å². The van der Waals surface area contributed by atoms with Crippen LogP contribution in [0.3, 0.4) is 0 Å². The number of nitrogens with zero attached hydrogens (tertiary/aromatic N) is 3. The summed E-state index contributed by atoms with van der Waals surface area (Å²) in [6.07, 6.45) is 1.55. The number of carbonyl (C=O) groups is 2. The molecule has 0 unspecified atom stereocenters. The Balaban J connectivity index is 1.57. The molecule has 9 nitrogen and oxygen atoms in total. The molecule has 162 valence electrons. The van der Waals surface area contributed by atoms with Gasteiger partial charge in [0.2, 0.25) is 0 Å². The monoisotopic (exact) mass is 431 g/mol. The second-order valence-corrected chi connectivity index (χ2v) is 7.02. The summed E-state index contributed by atoms with van der Waals surface area (Å²) in [6.45, 7) is 0. The molecule has 0 aromatic heterocycles. The Bertz CT molecular complexity index is 1160. The van der Waals surface area contributed by atoms with Crippen molar-refractivity contribution >= 4 is 35.1 Å². The van der Waals surface area contributed by atoms with Crippen molar-refractivity contribution < 1.29 is 14.5 Å². The van der Waals surface area contributed by atoms with Crippen molar-refractivity contribution in [2.45, 2.75) is 0 Å². The van der Waals surface area contributed by atoms with Gasteiger partial charge in [0.15, 0.2) is 0 Å². The van der Waals surface area contributed by atoms with E-state index in [0.717, 1.165) is 11.3 Å². The van der Waals surface area contributed by atoms with E-state index in [0.29, 0.717) is 11.3 Å². The van der Waals surface area contributed by atoms with Crippen LogP contribution in [0.4, 0.5) is 17.1 Å². The molecule has 0 aliphatic heterocycles. The van der Waals surface area contributed by atoms with Crippen LogP contribution in [0.5, 0.6) is 0 Å². The summed E-state index contributed by atoms with van der Waals surface area (Å²) in [4.78, 5) is 36.8. The molecule has 9 heteroatoms. The van der Waals surface area contributed by atoms with E-state index in [2.05, 4.69) is 15.8 Å². The van der Waals surface area contributed by atoms with Crippen LogP contribution in [-0.2, 0) is 0 Å². The lowest BCUT2D eigenvalue weighted by Crippen LogP contribution is -2.18. The van der Waals surface area contributed by atoms with E-state index in [1.54, 1.807) is 30.5 Å². The Hall–Kier alpha value is -4.53. The highest BCUT2D eigenvalue weighted by molar-refractivity contribution is 6.05. The number of carbonyl (C=O) groups excluding carboxylic acids is 2. The molecule has 0 aliphatic carbocycles. The molecule has 0 radical (unpaired) electrons. The van der Waals surface area contributed by atoms with Crippen molar-refractivity contribution in [2.24, 2.45) is 5.10 Å². The maximum atomic E-state index is 12.3. The summed E-state index contributed by atoms with van der Waals surface area (Å²) >= 11 is 0. The fourth-order valence-corrected chi connectivity index (χ4v) is 2.76. The first-order valence-corrected chi connectivity index (χ1v) is 9.60. The molecule has 0 spiro atoms. The molecule has 0 bridgehead atoms. The van der Waals surface area contributed by atoms with Gasteiger partial charge in [-0.15, -0.1) is 0 Å². The van der Waals surface area contributed by atoms with Gasteiger partial charge < -0.3 is 10.2 Å². The standard InChI is InChI=1S/C23H21N5O4/c1-27(2)20-12-6-16(7-13-20)15-24-26-23(30)17-8-10-19(11-9-17)25-22(29)18-4-3-5-21(14-18)28(31)32/h3-15H,1-2H3,(H,25,29)(H,26,30)/b24-15-. The first-order chi connectivity index (χ1) is 15.3. The smallest absolute Gasteiger partial charge is 0.271 e. The van der Waals surface area contributed by atoms with Crippen molar-refractivity contribution in [2.75, 3.05) is 24.3 Å². The van der Waals surface area contributed by atoms with Crippen molar-refractivity contribution in [3.05, 3.63) is 99.6 Å². The van der Waals surface area contributed by atoms with Crippen molar-refractivity contribution in [1.29, 1.82) is 0 Å². The predicted molar refractivity (Wildman–Crippen MR) is 123 cm³/mol. The average molecular weight is 431 g/mol. The molecule has 32 heavy (non-hydrogen) atoms. The second-order valence-electron chi connectivity index (χ2n) is 7.02. The van der Waals surface area contributed by atoms with Crippen LogP contribution in [0.15, 0.2) is 77.9 Å². The third-order valence-corrected chi connectivity index (χ3v) is 4.51. The third-order valence-electron chi connectivity index (χ3n) is 4.51. The minimum absolute atomic E-state index is 0.161. The highest BCUT2D eigenvalue weighted by atomic mass is 16.6. The van der Waals surface area contributed by atoms with Gasteiger partial charge >= 0.3 is 0 Å². The number of nitro groups is 1. The van der Waals surface area contributed by atoms with Gasteiger partial charge in [0, 0.05) is 48.7 Å². The Labute approximate surface area is 184 Å². The van der Waals surface area contributed by atoms with Crippen LogP contribution in [-0.4, -0.2) is 37.0 Å². The number of hydrogen-bond acceptors (Lipinski definition) is 6. The van der Waals surface area contributed by atoms with E-state index in [1.807, 2.05) is 43.3 Å². The zero-order valence-electron chi connectivity index (χ0n) is 17.5. The number of nitro benzene ring substituents is 1. The number of rotatable bonds is 7. The fraction of sp³-hybridized carbons (Fsp3) is 0.0870. The first-order valence-electron chi connectivity index (χ1n) is 9.60. The zero-order valence-corrected chi connectivity index (χ0v) is 17.5. The molecule has 2 N–H and O–H groups in total. The molecular formula is C23H21N5O4. The molecule has 0 saturated carbocycles. The summed E-state index contributed by atoms with van der Waals surface area (Å²) in [5, 5.41) is 17.5. The van der Waals surface area contributed by atoms with Crippen LogP contribution in [0.25, 0.3) is 0 Å². The van der Waals surface area contributed by atoms with Crippen LogP contribution >= 0.6 is 0 Å². The second kappa shape index (κ2) is 9.98. The lowest BCUT2D eigenvalue weighted by molar-refractivity contribution is -0.384. The van der Waals surface area contributed by atoms with Crippen LogP contribution < -0.4 is 15.6 Å². The number of nitrogens with one attached hydrogen (secondary N) is 2. The Kier molecular flexibility index (Phi) is 6.92. The normalized spacial score (nSPS) is 10.6. The maximum Gasteiger partial charge on any atom is 0.271 e. The van der Waals surface area contributed by atoms with Crippen LogP contribution in [0, 0.1) is 10.1 Å². The molecule has 3 aromatic carbocycles. The number of amides is 2. The summed E-state index contributed by atoms with van der Waals surface area (Å²) in [7, 11) is 3.90. The van der Waals surface area contributed by atoms with Crippen LogP contribution in [0.2, 0.25) is 0 Å². The van der Waals surface area contributed by atoms with Crippen molar-refractivity contribution in [1.82, 2.24) is 5.43 Å². The van der Waals surface area contributed by atoms with Gasteiger partial charge in [0.05, 0.1) is 11.1 Å². The first kappa shape index (κ1) is 22.2. The van der Waals surface area contributed by atoms with E-state index in [-0.39, 0.29) is 11.3 Å². The molecule has 0 atom stereocenters. The largest absolute Gasteiger partial charge is 0.378 e. The number of benzene rings is 3. The lowest BCUT2D eigenvalue weighted by Gasteiger charge is -2.11. The molecular weight excluding hydrogens is 410 g/mol. The van der Waals surface area contributed by atoms with E-state index >= 15 is 0 Å². The number of hydrogen-bond donors (Lipinski definition) is 2. The van der Waals surface area contributed by atoms with E-state index in [1.165, 1.54) is 24.3 Å². The van der Waals surface area contributed by atoms with E-state index in [4.69, 9.17) is 0 Å². The summed E-state index contributed by atoms with van der Waals surface area (Å²) < 4.78 is 0. The van der Waals surface area contributed by atoms with Crippen molar-refractivity contribution in [3.63, 3.8) is 0 Å². The van der Waals surface area contributed by atoms with Gasteiger partial charge in [-0.1, -0.05) is 18.2 Å². The van der Waals surface area contributed by atoms with Gasteiger partial charge in [0.1, 0.15) is 0 Å². The third kappa shape index (κ3) is 5.76. The topological polar surface area (TPSA) is 117 Å². The highest BCUT2D eigenvalue weighted by Crippen LogP contribution is 2.16. The predicted octanol–water partition coefficient (Wildman–Crippen LogP) is 3.68. The molecule has 3 aromatic rings. The number of hydrazone groups is 1. The summed E-state index contributed by atoms with van der Waals surface area (Å²) in [5.41, 5.74) is 5.16. The lowest BCUT2D eigenvalue weighted by atomic mass is 10.1. The molecule has 3 rings (SSSR count). The van der Waals surface area contributed by atoms with Gasteiger partial charge in [-0.2, -0.15) is 5.10 Å². The maximum absolute atomic E-state index is 12.3. The van der Waals surface area contributed by atoms with Gasteiger partial charge in [-0.05, 0) is 48.0 Å². The van der Waals surface area contributed by atoms with Gasteiger partial charge in [-0.3, -0.25) is 19.7 Å². The highest BCUT2D eigenvalue weighted by Gasteiger charge is 2.12. The number of anilines is 2. The Morgan fingerprint density at radius 1 is 0.938 bits per heavy atom. The Morgan fingerprint density at radius 2 is 1.62 bits per heavy atom. The number of non-ortho nitro benzene ring substituents is 1. The van der Waals surface area contributed by atoms with E-state index < -0.39 is 16.7 Å². The minimum atomic E-state index is -0.564. The SMILES string of the molecule is CN(C)c1ccc(/C=N\NC(=O)c2ccc(NC(=O)c3cccc([N+](=O)[O-])c3)cc2)cc1. The van der Waals surface area contributed by atoms with Gasteiger partial charge in [0.25, 0.3) is 17.5 Å². The molecule has 2 amide bonds. The molecule has 0 aliphatic rings.